The Labute approximate surface area is 238 Å². The number of hydrogen-bond donors (Lipinski definition) is 0. The maximum atomic E-state index is 7.14. The molecule has 0 N–H and O–H groups in total. The zero-order chi connectivity index (χ0) is 28.4. The van der Waals surface area contributed by atoms with E-state index >= 15 is 0 Å². The molecule has 40 heavy (non-hydrogen) atoms. The topological polar surface area (TPSA) is 19.1 Å². The molecule has 0 amide bonds. The van der Waals surface area contributed by atoms with Crippen LogP contribution in [0.2, 0.25) is 0 Å². The third-order valence-electron chi connectivity index (χ3n) is 8.11. The smallest absolute Gasteiger partial charge is 0.235 e. The molecule has 0 fully saturated rings. The van der Waals surface area contributed by atoms with Gasteiger partial charge in [0.1, 0.15) is 5.75 Å². The fourth-order valence-electron chi connectivity index (χ4n) is 5.84. The lowest BCUT2D eigenvalue weighted by Gasteiger charge is -2.27. The van der Waals surface area contributed by atoms with Crippen molar-refractivity contribution in [3.8, 4) is 5.75 Å². The summed E-state index contributed by atoms with van der Waals surface area (Å²) in [6.07, 6.45) is 0. The first-order chi connectivity index (χ1) is 18.9. The summed E-state index contributed by atoms with van der Waals surface area (Å²) in [6, 6.07) is 33.3. The van der Waals surface area contributed by atoms with Crippen molar-refractivity contribution in [2.75, 3.05) is 0 Å². The van der Waals surface area contributed by atoms with Crippen LogP contribution in [-0.4, -0.2) is 8.66 Å². The van der Waals surface area contributed by atoms with Gasteiger partial charge in [-0.25, -0.2) is 0 Å². The molecule has 0 saturated carbocycles. The third kappa shape index (κ3) is 4.38. The number of aryl methyl sites for hydroxylation is 2. The van der Waals surface area contributed by atoms with Crippen molar-refractivity contribution in [2.45, 2.75) is 52.4 Å². The van der Waals surface area contributed by atoms with Gasteiger partial charge in [0.15, 0.2) is 0 Å². The molecular formula is C36H39N2OP. The number of benzene rings is 5. The van der Waals surface area contributed by atoms with Crippen molar-refractivity contribution in [3.05, 3.63) is 102 Å². The first kappa shape index (κ1) is 26.5. The lowest BCUT2D eigenvalue weighted by Crippen LogP contribution is -2.17. The molecule has 0 radical (unpaired) electrons. The molecule has 3 nitrogen and oxygen atoms in total. The van der Waals surface area contributed by atoms with Crippen molar-refractivity contribution >= 4 is 51.4 Å². The zero-order valence-electron chi connectivity index (χ0n) is 24.9. The van der Waals surface area contributed by atoms with Gasteiger partial charge in [-0.1, -0.05) is 114 Å². The Kier molecular flexibility index (Phi) is 6.28. The molecule has 0 bridgehead atoms. The minimum absolute atomic E-state index is 0.0584. The molecule has 0 atom stereocenters. The number of aromatic nitrogens is 2. The molecule has 1 aromatic heterocycles. The summed E-state index contributed by atoms with van der Waals surface area (Å²) in [7, 11) is 3.15. The van der Waals surface area contributed by atoms with Crippen LogP contribution in [0.3, 0.4) is 0 Å². The average Bonchev–Trinajstić information content (AvgIpc) is 3.01. The molecule has 0 aliphatic rings. The van der Waals surface area contributed by atoms with E-state index in [0.717, 1.165) is 5.75 Å². The standard InChI is InChI=1S/C36H39N2OP/c1-35(2,3)26-19-22-32(29(23-26)36(4,5)6)39-40-37(7)30-20-17-24-13-9-11-15-27(24)33(30)34-28-16-12-10-14-25(28)18-21-31(34)38(40)8/h9-23H,1-8H3. The Morgan fingerprint density at radius 3 is 1.55 bits per heavy atom. The highest BCUT2D eigenvalue weighted by molar-refractivity contribution is 7.37. The van der Waals surface area contributed by atoms with Gasteiger partial charge in [-0.05, 0) is 56.1 Å². The second-order valence-electron chi connectivity index (χ2n) is 13.0. The highest BCUT2D eigenvalue weighted by atomic mass is 31.1. The van der Waals surface area contributed by atoms with Crippen molar-refractivity contribution in [1.29, 1.82) is 0 Å². The Bertz CT molecular complexity index is 1870. The van der Waals surface area contributed by atoms with Crippen LogP contribution in [0.4, 0.5) is 0 Å². The van der Waals surface area contributed by atoms with Gasteiger partial charge in [-0.2, -0.15) is 0 Å². The summed E-state index contributed by atoms with van der Waals surface area (Å²) in [6.45, 7) is 13.6. The molecule has 0 spiro atoms. The van der Waals surface area contributed by atoms with Crippen LogP contribution in [0, 0.1) is 0 Å². The highest BCUT2D eigenvalue weighted by Gasteiger charge is 2.24. The summed E-state index contributed by atoms with van der Waals surface area (Å²) in [5, 5.41) is 7.56. The minimum atomic E-state index is -1.22. The second-order valence-corrected chi connectivity index (χ2v) is 14.9. The largest absolute Gasteiger partial charge is 0.417 e. The number of fused-ring (bicyclic) bond motifs is 7. The maximum Gasteiger partial charge on any atom is 0.235 e. The SMILES string of the molecule is Cn1c2ccc3ccccc3c2c2c3ccccc3ccc2n(C)p1Oc1ccc(C(C)(C)C)cc1C(C)(C)C. The van der Waals surface area contributed by atoms with Gasteiger partial charge in [0.05, 0.1) is 11.0 Å². The fourth-order valence-corrected chi connectivity index (χ4v) is 7.53. The van der Waals surface area contributed by atoms with E-state index in [9.17, 15) is 0 Å². The molecule has 204 valence electrons. The van der Waals surface area contributed by atoms with Gasteiger partial charge in [0.2, 0.25) is 8.08 Å². The molecule has 0 aliphatic carbocycles. The first-order valence-corrected chi connectivity index (χ1v) is 15.3. The van der Waals surface area contributed by atoms with E-state index in [1.165, 1.54) is 54.5 Å². The number of hydrogen-bond acceptors (Lipinski definition) is 1. The normalized spacial score (nSPS) is 12.5. The van der Waals surface area contributed by atoms with Gasteiger partial charge in [0, 0.05) is 30.4 Å². The molecule has 6 aromatic rings. The number of nitrogens with zero attached hydrogens (tertiary/aromatic N) is 2. The van der Waals surface area contributed by atoms with Crippen LogP contribution < -0.4 is 4.52 Å². The van der Waals surface area contributed by atoms with Crippen LogP contribution in [-0.2, 0) is 24.9 Å². The second kappa shape index (κ2) is 9.46. The summed E-state index contributed by atoms with van der Waals surface area (Å²) in [5.41, 5.74) is 4.96. The molecule has 0 saturated heterocycles. The Morgan fingerprint density at radius 1 is 0.575 bits per heavy atom. The van der Waals surface area contributed by atoms with Gasteiger partial charge in [-0.15, -0.1) is 0 Å². The summed E-state index contributed by atoms with van der Waals surface area (Å²) in [5.74, 6) is 0.955. The maximum absolute atomic E-state index is 7.14. The average molecular weight is 547 g/mol. The van der Waals surface area contributed by atoms with E-state index in [4.69, 9.17) is 4.52 Å². The van der Waals surface area contributed by atoms with Gasteiger partial charge in [-0.3, -0.25) is 8.66 Å². The van der Waals surface area contributed by atoms with Crippen LogP contribution in [0.5, 0.6) is 5.75 Å². The highest BCUT2D eigenvalue weighted by Crippen LogP contribution is 2.43. The third-order valence-corrected chi connectivity index (χ3v) is 9.93. The predicted molar refractivity (Wildman–Crippen MR) is 175 cm³/mol. The summed E-state index contributed by atoms with van der Waals surface area (Å²) in [4.78, 5) is 0. The van der Waals surface area contributed by atoms with E-state index in [0.29, 0.717) is 0 Å². The monoisotopic (exact) mass is 546 g/mol. The lowest BCUT2D eigenvalue weighted by molar-refractivity contribution is 0.525. The van der Waals surface area contributed by atoms with Crippen molar-refractivity contribution in [1.82, 2.24) is 8.66 Å². The lowest BCUT2D eigenvalue weighted by atomic mass is 9.80. The molecule has 4 heteroatoms. The van der Waals surface area contributed by atoms with Gasteiger partial charge < -0.3 is 4.52 Å². The molecular weight excluding hydrogens is 507 g/mol. The Hall–Kier alpha value is -3.68. The van der Waals surface area contributed by atoms with Crippen LogP contribution in [0.15, 0.2) is 91.0 Å². The molecule has 6 rings (SSSR count). The Balaban J connectivity index is 1.75. The van der Waals surface area contributed by atoms with Crippen molar-refractivity contribution < 1.29 is 4.52 Å². The van der Waals surface area contributed by atoms with Crippen molar-refractivity contribution in [3.63, 3.8) is 0 Å². The van der Waals surface area contributed by atoms with E-state index in [1.54, 1.807) is 0 Å². The van der Waals surface area contributed by atoms with Gasteiger partial charge in [0.25, 0.3) is 0 Å². The fraction of sp³-hybridized carbons (Fsp3) is 0.278. The summed E-state index contributed by atoms with van der Waals surface area (Å²) < 4.78 is 11.9. The molecule has 5 aromatic carbocycles. The molecule has 0 aliphatic heterocycles. The van der Waals surface area contributed by atoms with Gasteiger partial charge >= 0.3 is 0 Å². The van der Waals surface area contributed by atoms with Crippen LogP contribution >= 0.6 is 8.08 Å². The van der Waals surface area contributed by atoms with E-state index < -0.39 is 8.08 Å². The van der Waals surface area contributed by atoms with E-state index in [1.807, 2.05) is 0 Å². The predicted octanol–water partition coefficient (Wildman–Crippen LogP) is 10.5. The van der Waals surface area contributed by atoms with E-state index in [2.05, 4.69) is 155 Å². The van der Waals surface area contributed by atoms with Crippen LogP contribution in [0.25, 0.3) is 43.4 Å². The van der Waals surface area contributed by atoms with Crippen molar-refractivity contribution in [2.24, 2.45) is 14.1 Å². The minimum Gasteiger partial charge on any atom is -0.417 e. The van der Waals surface area contributed by atoms with E-state index in [-0.39, 0.29) is 10.8 Å². The van der Waals surface area contributed by atoms with Crippen LogP contribution in [0.1, 0.15) is 52.7 Å². The molecule has 1 heterocycles. The first-order valence-electron chi connectivity index (χ1n) is 14.1. The summed E-state index contributed by atoms with van der Waals surface area (Å²) >= 11 is 0. The quantitative estimate of drug-likeness (QED) is 0.211. The number of rotatable bonds is 2. The zero-order valence-corrected chi connectivity index (χ0v) is 25.8. The molecule has 0 unspecified atom stereocenters. The Morgan fingerprint density at radius 2 is 1.07 bits per heavy atom.